The molecule has 0 bridgehead atoms. The molecule has 1 amide bonds. The molecule has 0 aliphatic rings. The lowest BCUT2D eigenvalue weighted by atomic mass is 10.1. The standard InChI is InChI=1S/C24H30BrN3O5/c1-3-5-6-7-8-9-14-33-23-21(25)15-18(16-22(23)32-4-2)17-26-27-24(29)19-10-12-20(13-11-19)28(30)31/h10-13,15-17H,3-9,14H2,1-2H3,(H,27,29)/b26-17+. The van der Waals surface area contributed by atoms with Crippen LogP contribution in [0.4, 0.5) is 5.69 Å². The smallest absolute Gasteiger partial charge is 0.271 e. The lowest BCUT2D eigenvalue weighted by molar-refractivity contribution is -0.384. The second-order valence-corrected chi connectivity index (χ2v) is 8.24. The van der Waals surface area contributed by atoms with Crippen molar-refractivity contribution < 1.29 is 19.2 Å². The molecular weight excluding hydrogens is 490 g/mol. The summed E-state index contributed by atoms with van der Waals surface area (Å²) in [6, 6.07) is 8.93. The molecule has 2 rings (SSSR count). The Balaban J connectivity index is 1.97. The number of carbonyl (C=O) groups excluding carboxylic acids is 1. The van der Waals surface area contributed by atoms with Gasteiger partial charge in [-0.25, -0.2) is 5.43 Å². The average molecular weight is 520 g/mol. The fourth-order valence-electron chi connectivity index (χ4n) is 3.09. The predicted molar refractivity (Wildman–Crippen MR) is 132 cm³/mol. The summed E-state index contributed by atoms with van der Waals surface area (Å²) in [5.74, 6) is 0.780. The highest BCUT2D eigenvalue weighted by molar-refractivity contribution is 9.10. The van der Waals surface area contributed by atoms with Crippen molar-refractivity contribution in [2.75, 3.05) is 13.2 Å². The van der Waals surface area contributed by atoms with E-state index in [0.29, 0.717) is 30.3 Å². The molecule has 1 N–H and O–H groups in total. The quantitative estimate of drug-likeness (QED) is 0.137. The molecule has 8 nitrogen and oxygen atoms in total. The number of nitrogens with one attached hydrogen (secondary N) is 1. The maximum Gasteiger partial charge on any atom is 0.271 e. The molecule has 0 atom stereocenters. The Hall–Kier alpha value is -2.94. The topological polar surface area (TPSA) is 103 Å². The summed E-state index contributed by atoms with van der Waals surface area (Å²) in [6.45, 7) is 5.20. The molecule has 0 aromatic heterocycles. The molecule has 0 fully saturated rings. The highest BCUT2D eigenvalue weighted by Crippen LogP contribution is 2.36. The average Bonchev–Trinajstić information content (AvgIpc) is 2.80. The summed E-state index contributed by atoms with van der Waals surface area (Å²) in [5.41, 5.74) is 3.32. The molecular formula is C24H30BrN3O5. The molecule has 9 heteroatoms. The van der Waals surface area contributed by atoms with E-state index in [1.54, 1.807) is 6.07 Å². The zero-order valence-corrected chi connectivity index (χ0v) is 20.6. The number of nitrogens with zero attached hydrogens (tertiary/aromatic N) is 2. The lowest BCUT2D eigenvalue weighted by Crippen LogP contribution is -2.17. The summed E-state index contributed by atoms with van der Waals surface area (Å²) >= 11 is 3.54. The fraction of sp³-hybridized carbons (Fsp3) is 0.417. The van der Waals surface area contributed by atoms with Gasteiger partial charge in [-0.3, -0.25) is 14.9 Å². The Morgan fingerprint density at radius 1 is 1.09 bits per heavy atom. The van der Waals surface area contributed by atoms with E-state index in [1.807, 2.05) is 13.0 Å². The van der Waals surface area contributed by atoms with Crippen molar-refractivity contribution in [3.05, 3.63) is 62.1 Å². The molecule has 0 aliphatic carbocycles. The molecule has 178 valence electrons. The van der Waals surface area contributed by atoms with Crippen LogP contribution in [0.2, 0.25) is 0 Å². The van der Waals surface area contributed by atoms with Gasteiger partial charge in [0.15, 0.2) is 11.5 Å². The lowest BCUT2D eigenvalue weighted by Gasteiger charge is -2.14. The number of unbranched alkanes of at least 4 members (excludes halogenated alkanes) is 5. The van der Waals surface area contributed by atoms with Crippen LogP contribution in [0.15, 0.2) is 46.0 Å². The third-order valence-corrected chi connectivity index (χ3v) is 5.39. The molecule has 0 unspecified atom stereocenters. The van der Waals surface area contributed by atoms with Crippen LogP contribution in [0.1, 0.15) is 68.3 Å². The Morgan fingerprint density at radius 2 is 1.79 bits per heavy atom. The monoisotopic (exact) mass is 519 g/mol. The zero-order chi connectivity index (χ0) is 24.1. The minimum absolute atomic E-state index is 0.0813. The first-order valence-corrected chi connectivity index (χ1v) is 11.9. The number of hydrazone groups is 1. The van der Waals surface area contributed by atoms with Crippen LogP contribution in [0.5, 0.6) is 11.5 Å². The van der Waals surface area contributed by atoms with Crippen LogP contribution in [-0.4, -0.2) is 30.3 Å². The number of ether oxygens (including phenoxy) is 2. The highest BCUT2D eigenvalue weighted by Gasteiger charge is 2.12. The molecule has 2 aromatic carbocycles. The minimum Gasteiger partial charge on any atom is -0.490 e. The van der Waals surface area contributed by atoms with E-state index in [-0.39, 0.29) is 11.3 Å². The van der Waals surface area contributed by atoms with Gasteiger partial charge in [-0.1, -0.05) is 39.0 Å². The largest absolute Gasteiger partial charge is 0.490 e. The van der Waals surface area contributed by atoms with Gasteiger partial charge in [0.25, 0.3) is 11.6 Å². The summed E-state index contributed by atoms with van der Waals surface area (Å²) < 4.78 is 12.5. The summed E-state index contributed by atoms with van der Waals surface area (Å²) in [4.78, 5) is 22.4. The number of hydrogen-bond donors (Lipinski definition) is 1. The second-order valence-electron chi connectivity index (χ2n) is 7.38. The predicted octanol–water partition coefficient (Wildman–Crippen LogP) is 6.26. The normalized spacial score (nSPS) is 10.9. The van der Waals surface area contributed by atoms with E-state index < -0.39 is 10.8 Å². The van der Waals surface area contributed by atoms with Gasteiger partial charge in [-0.05, 0) is 59.1 Å². The number of rotatable bonds is 14. The van der Waals surface area contributed by atoms with Crippen LogP contribution in [0, 0.1) is 10.1 Å². The van der Waals surface area contributed by atoms with E-state index in [1.165, 1.54) is 56.2 Å². The van der Waals surface area contributed by atoms with Crippen LogP contribution in [-0.2, 0) is 0 Å². The molecule has 0 heterocycles. The maximum atomic E-state index is 12.2. The Bertz CT molecular complexity index is 948. The molecule has 0 saturated carbocycles. The maximum absolute atomic E-state index is 12.2. The van der Waals surface area contributed by atoms with Gasteiger partial charge in [0, 0.05) is 17.7 Å². The van der Waals surface area contributed by atoms with E-state index in [4.69, 9.17) is 9.47 Å². The van der Waals surface area contributed by atoms with Crippen molar-refractivity contribution >= 4 is 33.7 Å². The van der Waals surface area contributed by atoms with Gasteiger partial charge in [0.2, 0.25) is 0 Å². The molecule has 0 spiro atoms. The van der Waals surface area contributed by atoms with Crippen molar-refractivity contribution in [3.8, 4) is 11.5 Å². The Kier molecular flexibility index (Phi) is 11.4. The van der Waals surface area contributed by atoms with Crippen LogP contribution in [0.25, 0.3) is 0 Å². The van der Waals surface area contributed by atoms with Gasteiger partial charge in [-0.2, -0.15) is 5.10 Å². The van der Waals surface area contributed by atoms with Crippen molar-refractivity contribution in [2.24, 2.45) is 5.10 Å². The number of nitro benzene ring substituents is 1. The number of carbonyl (C=O) groups is 1. The van der Waals surface area contributed by atoms with Crippen molar-refractivity contribution in [2.45, 2.75) is 52.4 Å². The van der Waals surface area contributed by atoms with Gasteiger partial charge >= 0.3 is 0 Å². The third kappa shape index (κ3) is 8.84. The van der Waals surface area contributed by atoms with Gasteiger partial charge in [-0.15, -0.1) is 0 Å². The molecule has 0 saturated heterocycles. The number of non-ortho nitro benzene ring substituents is 1. The second kappa shape index (κ2) is 14.3. The zero-order valence-electron chi connectivity index (χ0n) is 19.0. The first-order valence-electron chi connectivity index (χ1n) is 11.1. The first kappa shape index (κ1) is 26.3. The highest BCUT2D eigenvalue weighted by atomic mass is 79.9. The fourth-order valence-corrected chi connectivity index (χ4v) is 3.66. The number of hydrogen-bond acceptors (Lipinski definition) is 6. The van der Waals surface area contributed by atoms with Crippen molar-refractivity contribution in [1.29, 1.82) is 0 Å². The number of amides is 1. The van der Waals surface area contributed by atoms with Gasteiger partial charge in [0.05, 0.1) is 28.8 Å². The van der Waals surface area contributed by atoms with Crippen molar-refractivity contribution in [3.63, 3.8) is 0 Å². The SMILES string of the molecule is CCCCCCCCOc1c(Br)cc(/C=N/NC(=O)c2ccc([N+](=O)[O-])cc2)cc1OCC. The Morgan fingerprint density at radius 3 is 2.45 bits per heavy atom. The van der Waals surface area contributed by atoms with Crippen LogP contribution in [0.3, 0.4) is 0 Å². The van der Waals surface area contributed by atoms with Crippen molar-refractivity contribution in [1.82, 2.24) is 5.43 Å². The summed E-state index contributed by atoms with van der Waals surface area (Å²) in [6.07, 6.45) is 8.61. The van der Waals surface area contributed by atoms with Gasteiger partial charge < -0.3 is 9.47 Å². The van der Waals surface area contributed by atoms with Gasteiger partial charge in [0.1, 0.15) is 0 Å². The van der Waals surface area contributed by atoms with E-state index >= 15 is 0 Å². The third-order valence-electron chi connectivity index (χ3n) is 4.80. The van der Waals surface area contributed by atoms with Crippen LogP contribution < -0.4 is 14.9 Å². The molecule has 33 heavy (non-hydrogen) atoms. The van der Waals surface area contributed by atoms with E-state index in [2.05, 4.69) is 33.4 Å². The van der Waals surface area contributed by atoms with E-state index in [9.17, 15) is 14.9 Å². The molecule has 0 aliphatic heterocycles. The molecule has 2 aromatic rings. The molecule has 0 radical (unpaired) electrons. The summed E-state index contributed by atoms with van der Waals surface area (Å²) in [5, 5.41) is 14.7. The number of halogens is 1. The summed E-state index contributed by atoms with van der Waals surface area (Å²) in [7, 11) is 0. The Labute approximate surface area is 202 Å². The first-order chi connectivity index (χ1) is 16.0. The number of benzene rings is 2. The minimum atomic E-state index is -0.519. The van der Waals surface area contributed by atoms with E-state index in [0.717, 1.165) is 17.3 Å². The van der Waals surface area contributed by atoms with Crippen LogP contribution >= 0.6 is 15.9 Å². The number of nitro groups is 1.